The second-order valence-electron chi connectivity index (χ2n) is 5.65. The number of ether oxygens (including phenoxy) is 2. The van der Waals surface area contributed by atoms with Gasteiger partial charge >= 0.3 is 5.97 Å². The number of hydrogen-bond donors (Lipinski definition) is 0. The van der Waals surface area contributed by atoms with Crippen LogP contribution in [0.15, 0.2) is 54.6 Å². The van der Waals surface area contributed by atoms with Gasteiger partial charge in [0, 0.05) is 10.9 Å². The van der Waals surface area contributed by atoms with Crippen molar-refractivity contribution in [2.45, 2.75) is 13.0 Å². The first kappa shape index (κ1) is 17.9. The number of halogens is 1. The number of carbonyl (C=O) groups is 2. The van der Waals surface area contributed by atoms with Crippen LogP contribution in [0.1, 0.15) is 27.6 Å². The predicted octanol–water partition coefficient (Wildman–Crippen LogP) is 4.33. The molecule has 1 atom stereocenters. The molecule has 0 aliphatic rings. The minimum Gasteiger partial charge on any atom is -0.497 e. The van der Waals surface area contributed by atoms with Crippen molar-refractivity contribution in [3.8, 4) is 5.75 Å². The molecular weight excluding hydrogens is 354 g/mol. The molecule has 0 spiro atoms. The van der Waals surface area contributed by atoms with E-state index in [0.29, 0.717) is 22.2 Å². The van der Waals surface area contributed by atoms with Gasteiger partial charge in [0.05, 0.1) is 18.2 Å². The highest BCUT2D eigenvalue weighted by molar-refractivity contribution is 6.30. The summed E-state index contributed by atoms with van der Waals surface area (Å²) in [5.74, 6) is -0.283. The van der Waals surface area contributed by atoms with E-state index in [4.69, 9.17) is 21.1 Å². The maximum absolute atomic E-state index is 12.6. The zero-order valence-electron chi connectivity index (χ0n) is 14.2. The Morgan fingerprint density at radius 3 is 2.46 bits per heavy atom. The lowest BCUT2D eigenvalue weighted by atomic mass is 10.1. The van der Waals surface area contributed by atoms with Gasteiger partial charge in [0.15, 0.2) is 6.10 Å². The number of ketones is 1. The molecule has 0 unspecified atom stereocenters. The highest BCUT2D eigenvalue weighted by Crippen LogP contribution is 2.22. The molecular formula is C20H16ClNO4. The highest BCUT2D eigenvalue weighted by Gasteiger charge is 2.22. The molecule has 26 heavy (non-hydrogen) atoms. The van der Waals surface area contributed by atoms with Gasteiger partial charge in [-0.3, -0.25) is 4.79 Å². The van der Waals surface area contributed by atoms with Gasteiger partial charge in [-0.1, -0.05) is 29.8 Å². The fourth-order valence-electron chi connectivity index (χ4n) is 2.58. The normalized spacial score (nSPS) is 11.8. The third-order valence-corrected chi connectivity index (χ3v) is 4.13. The lowest BCUT2D eigenvalue weighted by molar-refractivity contribution is 0.0320. The molecule has 0 amide bonds. The number of benzene rings is 2. The summed E-state index contributed by atoms with van der Waals surface area (Å²) in [4.78, 5) is 29.2. The number of nitrogens with zero attached hydrogens (tertiary/aromatic N) is 1. The number of carbonyl (C=O) groups excluding carboxylic acids is 2. The number of aromatic nitrogens is 1. The van der Waals surface area contributed by atoms with Gasteiger partial charge in [0.1, 0.15) is 10.9 Å². The quantitative estimate of drug-likeness (QED) is 0.380. The van der Waals surface area contributed by atoms with Crippen LogP contribution < -0.4 is 4.74 Å². The molecule has 0 saturated carbocycles. The van der Waals surface area contributed by atoms with Crippen LogP contribution >= 0.6 is 11.6 Å². The lowest BCUT2D eigenvalue weighted by Gasteiger charge is -2.14. The maximum Gasteiger partial charge on any atom is 0.339 e. The van der Waals surface area contributed by atoms with Crippen molar-refractivity contribution >= 4 is 34.3 Å². The van der Waals surface area contributed by atoms with Crippen molar-refractivity contribution in [1.29, 1.82) is 0 Å². The molecule has 1 heterocycles. The minimum absolute atomic E-state index is 0.185. The number of para-hydroxylation sites is 1. The second-order valence-corrected chi connectivity index (χ2v) is 6.04. The molecule has 0 bridgehead atoms. The lowest BCUT2D eigenvalue weighted by Crippen LogP contribution is -2.24. The SMILES string of the molecule is COc1ccc(C(=O)[C@H](C)OC(=O)c2cc(Cl)nc3ccccc23)cc1. The molecule has 2 aromatic carbocycles. The fourth-order valence-corrected chi connectivity index (χ4v) is 2.78. The Balaban J connectivity index is 1.82. The van der Waals surface area contributed by atoms with E-state index in [1.165, 1.54) is 13.0 Å². The Kier molecular flexibility index (Phi) is 5.19. The topological polar surface area (TPSA) is 65.5 Å². The average molecular weight is 370 g/mol. The zero-order valence-corrected chi connectivity index (χ0v) is 15.0. The van der Waals surface area contributed by atoms with E-state index >= 15 is 0 Å². The Morgan fingerprint density at radius 2 is 1.77 bits per heavy atom. The average Bonchev–Trinajstić information content (AvgIpc) is 2.66. The van der Waals surface area contributed by atoms with E-state index in [9.17, 15) is 9.59 Å². The first-order valence-corrected chi connectivity index (χ1v) is 8.32. The largest absolute Gasteiger partial charge is 0.497 e. The van der Waals surface area contributed by atoms with Crippen molar-refractivity contribution in [1.82, 2.24) is 4.98 Å². The van der Waals surface area contributed by atoms with Crippen LogP contribution in [0.25, 0.3) is 10.9 Å². The summed E-state index contributed by atoms with van der Waals surface area (Å²) in [6.45, 7) is 1.54. The monoisotopic (exact) mass is 369 g/mol. The summed E-state index contributed by atoms with van der Waals surface area (Å²) in [5.41, 5.74) is 1.29. The van der Waals surface area contributed by atoms with Crippen molar-refractivity contribution in [3.05, 3.63) is 70.9 Å². The number of fused-ring (bicyclic) bond motifs is 1. The molecule has 0 aliphatic carbocycles. The van der Waals surface area contributed by atoms with Crippen LogP contribution in [0.3, 0.4) is 0 Å². The van der Waals surface area contributed by atoms with Crippen molar-refractivity contribution in [2.75, 3.05) is 7.11 Å². The van der Waals surface area contributed by atoms with E-state index in [2.05, 4.69) is 4.98 Å². The maximum atomic E-state index is 12.6. The van der Waals surface area contributed by atoms with Gasteiger partial charge < -0.3 is 9.47 Å². The van der Waals surface area contributed by atoms with Gasteiger partial charge in [-0.15, -0.1) is 0 Å². The Bertz CT molecular complexity index is 969. The smallest absolute Gasteiger partial charge is 0.339 e. The molecule has 5 nitrogen and oxygen atoms in total. The molecule has 3 aromatic rings. The Hall–Kier alpha value is -2.92. The number of methoxy groups -OCH3 is 1. The standard InChI is InChI=1S/C20H16ClNO4/c1-12(19(23)13-7-9-14(25-2)10-8-13)26-20(24)16-11-18(21)22-17-6-4-3-5-15(16)17/h3-12H,1-2H3/t12-/m0/s1. The number of hydrogen-bond acceptors (Lipinski definition) is 5. The van der Waals surface area contributed by atoms with Gasteiger partial charge in [0.2, 0.25) is 5.78 Å². The summed E-state index contributed by atoms with van der Waals surface area (Å²) >= 11 is 5.99. The third kappa shape index (κ3) is 3.68. The molecule has 0 radical (unpaired) electrons. The number of rotatable bonds is 5. The minimum atomic E-state index is -0.943. The summed E-state index contributed by atoms with van der Waals surface area (Å²) in [6.07, 6.45) is -0.943. The van der Waals surface area contributed by atoms with Crippen LogP contribution in [0.2, 0.25) is 5.15 Å². The van der Waals surface area contributed by atoms with E-state index in [-0.39, 0.29) is 16.5 Å². The highest BCUT2D eigenvalue weighted by atomic mass is 35.5. The van der Waals surface area contributed by atoms with Gasteiger partial charge in [-0.05, 0) is 43.3 Å². The van der Waals surface area contributed by atoms with Crippen molar-refractivity contribution in [3.63, 3.8) is 0 Å². The van der Waals surface area contributed by atoms with Crippen LogP contribution in [0, 0.1) is 0 Å². The van der Waals surface area contributed by atoms with E-state index in [1.807, 2.05) is 0 Å². The van der Waals surface area contributed by atoms with Gasteiger partial charge in [0.25, 0.3) is 0 Å². The molecule has 3 rings (SSSR count). The summed E-state index contributed by atoms with van der Waals surface area (Å²) in [6, 6.07) is 15.2. The van der Waals surface area contributed by atoms with E-state index in [0.717, 1.165) is 0 Å². The Morgan fingerprint density at radius 1 is 1.08 bits per heavy atom. The molecule has 0 saturated heterocycles. The van der Waals surface area contributed by atoms with E-state index < -0.39 is 12.1 Å². The molecule has 0 aliphatic heterocycles. The van der Waals surface area contributed by atoms with Crippen LogP contribution in [0.4, 0.5) is 0 Å². The van der Waals surface area contributed by atoms with Crippen LogP contribution in [0.5, 0.6) is 5.75 Å². The number of esters is 1. The first-order valence-electron chi connectivity index (χ1n) is 7.94. The van der Waals surface area contributed by atoms with Gasteiger partial charge in [-0.2, -0.15) is 0 Å². The van der Waals surface area contributed by atoms with E-state index in [1.54, 1.807) is 55.6 Å². The molecule has 132 valence electrons. The summed E-state index contributed by atoms with van der Waals surface area (Å²) < 4.78 is 10.4. The molecule has 0 fully saturated rings. The Labute approximate surface area is 155 Å². The van der Waals surface area contributed by atoms with Crippen molar-refractivity contribution < 1.29 is 19.1 Å². The predicted molar refractivity (Wildman–Crippen MR) is 99.0 cm³/mol. The third-order valence-electron chi connectivity index (χ3n) is 3.93. The zero-order chi connectivity index (χ0) is 18.7. The second kappa shape index (κ2) is 7.54. The first-order chi connectivity index (χ1) is 12.5. The van der Waals surface area contributed by atoms with Crippen LogP contribution in [-0.2, 0) is 4.74 Å². The van der Waals surface area contributed by atoms with Crippen molar-refractivity contribution in [2.24, 2.45) is 0 Å². The summed E-state index contributed by atoms with van der Waals surface area (Å²) in [5, 5.41) is 0.802. The number of Topliss-reactive ketones (excluding diaryl/α,β-unsaturated/α-hetero) is 1. The van der Waals surface area contributed by atoms with Gasteiger partial charge in [-0.25, -0.2) is 9.78 Å². The molecule has 0 N–H and O–H groups in total. The molecule has 6 heteroatoms. The summed E-state index contributed by atoms with van der Waals surface area (Å²) in [7, 11) is 1.55. The number of pyridine rings is 1. The molecule has 1 aromatic heterocycles. The fraction of sp³-hybridized carbons (Fsp3) is 0.150. The van der Waals surface area contributed by atoms with Crippen LogP contribution in [-0.4, -0.2) is 30.0 Å².